The fourth-order valence-corrected chi connectivity index (χ4v) is 8.25. The third kappa shape index (κ3) is 5.84. The molecule has 0 radical (unpaired) electrons. The summed E-state index contributed by atoms with van der Waals surface area (Å²) in [5.74, 6) is 1.69. The lowest BCUT2D eigenvalue weighted by Crippen LogP contribution is -2.42. The van der Waals surface area contributed by atoms with Gasteiger partial charge in [-0.15, -0.1) is 0 Å². The lowest BCUT2D eigenvalue weighted by Gasteiger charge is -2.34. The molecule has 0 spiro atoms. The normalized spacial score (nSPS) is 14.5. The average Bonchev–Trinajstić information content (AvgIpc) is 3.81. The van der Waals surface area contributed by atoms with Crippen molar-refractivity contribution in [2.24, 2.45) is 7.05 Å². The zero-order valence-electron chi connectivity index (χ0n) is 30.7. The van der Waals surface area contributed by atoms with Crippen LogP contribution in [-0.4, -0.2) is 48.3 Å². The van der Waals surface area contributed by atoms with Gasteiger partial charge in [0.25, 0.3) is 11.8 Å². The first-order valence-corrected chi connectivity index (χ1v) is 18.4. The summed E-state index contributed by atoms with van der Waals surface area (Å²) in [4.78, 5) is 30.6. The molecule has 1 aliphatic heterocycles. The average molecular weight is 749 g/mol. The molecule has 10 nitrogen and oxygen atoms in total. The number of rotatable bonds is 8. The number of fused-ring (bicyclic) bond motifs is 4. The molecule has 7 aromatic rings. The van der Waals surface area contributed by atoms with Crippen LogP contribution in [-0.2, 0) is 13.5 Å². The van der Waals surface area contributed by atoms with E-state index in [1.165, 1.54) is 0 Å². The molecular weight excluding hydrogens is 709 g/mol. The van der Waals surface area contributed by atoms with Crippen molar-refractivity contribution >= 4 is 56.6 Å². The fourth-order valence-electron chi connectivity index (χ4n) is 7.89. The Morgan fingerprint density at radius 3 is 2.38 bits per heavy atom. The van der Waals surface area contributed by atoms with Crippen molar-refractivity contribution < 1.29 is 14.1 Å². The molecule has 12 heteroatoms. The Labute approximate surface area is 317 Å². The summed E-state index contributed by atoms with van der Waals surface area (Å²) in [5, 5.41) is 7.22. The van der Waals surface area contributed by atoms with Gasteiger partial charge in [-0.25, -0.2) is 9.97 Å². The number of nitrogens with zero attached hydrogens (tertiary/aromatic N) is 7. The van der Waals surface area contributed by atoms with Crippen LogP contribution < -0.4 is 9.64 Å². The summed E-state index contributed by atoms with van der Waals surface area (Å²) in [5.41, 5.74) is 10.4. The second kappa shape index (κ2) is 13.3. The van der Waals surface area contributed by atoms with Crippen LogP contribution >= 0.6 is 23.2 Å². The Balaban J connectivity index is 1.26. The topological polar surface area (TPSA) is 104 Å². The number of amides is 1. The molecule has 0 N–H and O–H groups in total. The number of aromatic nitrogens is 6. The molecule has 1 aliphatic rings. The van der Waals surface area contributed by atoms with E-state index in [-0.39, 0.29) is 11.9 Å². The van der Waals surface area contributed by atoms with E-state index >= 15 is 4.79 Å². The zero-order valence-corrected chi connectivity index (χ0v) is 32.2. The highest BCUT2D eigenvalue weighted by Gasteiger charge is 2.37. The molecule has 4 aromatic heterocycles. The number of aryl methyl sites for hydroxylation is 7. The highest BCUT2D eigenvalue weighted by molar-refractivity contribution is 6.35. The van der Waals surface area contributed by atoms with E-state index in [0.717, 1.165) is 83.0 Å². The largest absolute Gasteiger partial charge is 0.494 e. The lowest BCUT2D eigenvalue weighted by molar-refractivity contribution is 0.0957. The molecule has 1 unspecified atom stereocenters. The van der Waals surface area contributed by atoms with Crippen LogP contribution in [0.4, 0.5) is 5.69 Å². The highest BCUT2D eigenvalue weighted by Crippen LogP contribution is 2.45. The quantitative estimate of drug-likeness (QED) is 0.143. The number of hydrogen-bond acceptors (Lipinski definition) is 7. The van der Waals surface area contributed by atoms with Gasteiger partial charge in [-0.2, -0.15) is 4.98 Å². The molecule has 0 bridgehead atoms. The van der Waals surface area contributed by atoms with E-state index in [1.54, 1.807) is 13.3 Å². The number of benzene rings is 3. The van der Waals surface area contributed by atoms with E-state index in [4.69, 9.17) is 32.5 Å². The minimum Gasteiger partial charge on any atom is -0.494 e. The van der Waals surface area contributed by atoms with E-state index < -0.39 is 0 Å². The Kier molecular flexibility index (Phi) is 8.78. The van der Waals surface area contributed by atoms with E-state index in [9.17, 15) is 0 Å². The molecular formula is C41H39Cl2N7O3. The second-order valence-electron chi connectivity index (χ2n) is 14.0. The first kappa shape index (κ1) is 34.9. The van der Waals surface area contributed by atoms with Crippen LogP contribution in [0.1, 0.15) is 63.8 Å². The zero-order chi connectivity index (χ0) is 37.3. The minimum atomic E-state index is -0.102. The third-order valence-electron chi connectivity index (χ3n) is 10.3. The summed E-state index contributed by atoms with van der Waals surface area (Å²) < 4.78 is 16.0. The summed E-state index contributed by atoms with van der Waals surface area (Å²) >= 11 is 13.5. The number of carbonyl (C=O) groups excluding carboxylic acids is 1. The van der Waals surface area contributed by atoms with Crippen LogP contribution in [0.25, 0.3) is 44.4 Å². The molecule has 0 saturated heterocycles. The smallest absolute Gasteiger partial charge is 0.275 e. The second-order valence-corrected chi connectivity index (χ2v) is 14.8. The summed E-state index contributed by atoms with van der Waals surface area (Å²) in [7, 11) is 1.99. The van der Waals surface area contributed by atoms with Crippen molar-refractivity contribution in [1.29, 1.82) is 0 Å². The van der Waals surface area contributed by atoms with Crippen LogP contribution in [0.5, 0.6) is 5.75 Å². The van der Waals surface area contributed by atoms with Crippen molar-refractivity contribution in [2.45, 2.75) is 60.4 Å². The Bertz CT molecular complexity index is 2560. The van der Waals surface area contributed by atoms with Gasteiger partial charge < -0.3 is 23.3 Å². The monoisotopic (exact) mass is 747 g/mol. The minimum absolute atomic E-state index is 0.0782. The van der Waals surface area contributed by atoms with Crippen LogP contribution in [0, 0.1) is 34.6 Å². The lowest BCUT2D eigenvalue weighted by atomic mass is 9.97. The van der Waals surface area contributed by atoms with Gasteiger partial charge in [0.15, 0.2) is 5.82 Å². The van der Waals surface area contributed by atoms with Crippen LogP contribution in [0.2, 0.25) is 10.0 Å². The Hall–Kier alpha value is -5.19. The third-order valence-corrected chi connectivity index (χ3v) is 11.2. The molecule has 8 rings (SSSR count). The SMILES string of the molecule is Cc1noc(-c2ccc3c(c2)c(N2CC(C)n4c(c(CCCOc5cc(C)c(Cl)c(C)c5)c5ccc(Cl)c(-c6c(C)ncnc6C)c54)C2=O)cn3C)n1. The number of anilines is 1. The predicted molar refractivity (Wildman–Crippen MR) is 210 cm³/mol. The standard InChI is InChI=1S/C41H39Cl2N7O3/c1-21-15-28(16-22(2)37(21)43)52-14-8-9-29-30-11-12-32(42)36(35-24(4)44-20-45-25(35)5)38(30)50-23(3)18-49(41(51)39(29)50)34-19-48(7)33-13-10-27(17-31(33)34)40-46-26(6)47-53-40/h10-13,15-17,19-20,23H,8-9,14,18H2,1-7H3. The van der Waals surface area contributed by atoms with Crippen molar-refractivity contribution in [2.75, 3.05) is 18.1 Å². The van der Waals surface area contributed by atoms with Gasteiger partial charge in [0.05, 0.1) is 22.8 Å². The van der Waals surface area contributed by atoms with Crippen molar-refractivity contribution in [1.82, 2.24) is 29.2 Å². The molecule has 270 valence electrons. The predicted octanol–water partition coefficient (Wildman–Crippen LogP) is 9.72. The molecule has 1 amide bonds. The number of halogens is 2. The first-order valence-electron chi connectivity index (χ1n) is 17.7. The van der Waals surface area contributed by atoms with E-state index in [0.29, 0.717) is 48.4 Å². The Morgan fingerprint density at radius 1 is 0.943 bits per heavy atom. The van der Waals surface area contributed by atoms with Gasteiger partial charge in [-0.05, 0) is 107 Å². The van der Waals surface area contributed by atoms with Gasteiger partial charge >= 0.3 is 0 Å². The summed E-state index contributed by atoms with van der Waals surface area (Å²) in [6.07, 6.45) is 4.89. The van der Waals surface area contributed by atoms with Crippen LogP contribution in [0.3, 0.4) is 0 Å². The first-order chi connectivity index (χ1) is 25.4. The van der Waals surface area contributed by atoms with E-state index in [1.807, 2.05) is 92.9 Å². The van der Waals surface area contributed by atoms with Crippen LogP contribution in [0.15, 0.2) is 59.5 Å². The number of carbonyl (C=O) groups is 1. The number of ether oxygens (including phenoxy) is 1. The maximum absolute atomic E-state index is 15.1. The van der Waals surface area contributed by atoms with Crippen molar-refractivity contribution in [3.05, 3.63) is 105 Å². The number of hydrogen-bond donors (Lipinski definition) is 0. The van der Waals surface area contributed by atoms with Crippen molar-refractivity contribution in [3.63, 3.8) is 0 Å². The van der Waals surface area contributed by atoms with Gasteiger partial charge in [0, 0.05) is 75.2 Å². The molecule has 1 atom stereocenters. The molecule has 0 aliphatic carbocycles. The highest BCUT2D eigenvalue weighted by atomic mass is 35.5. The fraction of sp³-hybridized carbons (Fsp3) is 0.293. The molecule has 5 heterocycles. The summed E-state index contributed by atoms with van der Waals surface area (Å²) in [6.45, 7) is 12.8. The van der Waals surface area contributed by atoms with E-state index in [2.05, 4.69) is 31.6 Å². The maximum Gasteiger partial charge on any atom is 0.275 e. The molecule has 53 heavy (non-hydrogen) atoms. The molecule has 3 aromatic carbocycles. The Morgan fingerprint density at radius 2 is 1.68 bits per heavy atom. The maximum atomic E-state index is 15.1. The van der Waals surface area contributed by atoms with Gasteiger partial charge in [-0.3, -0.25) is 4.79 Å². The molecule has 0 saturated carbocycles. The summed E-state index contributed by atoms with van der Waals surface area (Å²) in [6, 6.07) is 13.8. The van der Waals surface area contributed by atoms with Gasteiger partial charge in [0.2, 0.25) is 0 Å². The van der Waals surface area contributed by atoms with Gasteiger partial charge in [0.1, 0.15) is 17.8 Å². The molecule has 0 fully saturated rings. The van der Waals surface area contributed by atoms with Crippen molar-refractivity contribution in [3.8, 4) is 28.3 Å². The van der Waals surface area contributed by atoms with Gasteiger partial charge in [-0.1, -0.05) is 34.4 Å².